The summed E-state index contributed by atoms with van der Waals surface area (Å²) >= 11 is 3.60. The molecular weight excluding hydrogens is 396 g/mol. The summed E-state index contributed by atoms with van der Waals surface area (Å²) in [5.41, 5.74) is 3.43. The van der Waals surface area contributed by atoms with Crippen molar-refractivity contribution in [3.05, 3.63) is 63.4 Å². The number of aromatic nitrogens is 3. The van der Waals surface area contributed by atoms with Crippen molar-refractivity contribution in [1.82, 2.24) is 14.8 Å². The van der Waals surface area contributed by atoms with E-state index in [4.69, 9.17) is 0 Å². The van der Waals surface area contributed by atoms with Crippen LogP contribution in [0.15, 0.2) is 41.0 Å². The molecule has 0 bridgehead atoms. The van der Waals surface area contributed by atoms with Crippen LogP contribution in [-0.4, -0.2) is 25.8 Å². The number of rotatable bonds is 5. The van der Waals surface area contributed by atoms with Crippen LogP contribution in [0.2, 0.25) is 0 Å². The average molecular weight is 415 g/mol. The van der Waals surface area contributed by atoms with Crippen molar-refractivity contribution in [3.63, 3.8) is 0 Å². The Morgan fingerprint density at radius 2 is 2.08 bits per heavy atom. The molecule has 2 aromatic heterocycles. The minimum absolute atomic E-state index is 0.209. The lowest BCUT2D eigenvalue weighted by molar-refractivity contribution is 0.0698. The molecule has 0 radical (unpaired) electrons. The number of benzene rings is 1. The third kappa shape index (κ3) is 3.35. The lowest BCUT2D eigenvalue weighted by Crippen LogP contribution is -2.09. The standard InChI is InChI=1S/C19H19BrN4O2/c1-4-14-16(20)18(24(23-14)17-12(3)6-5-9-21-17)22-15-8-7-11(2)10-13(15)19(25)26/h5-10,22H,4H2,1-3H3,(H,25,26). The third-order valence-electron chi connectivity index (χ3n) is 4.07. The van der Waals surface area contributed by atoms with Crippen molar-refractivity contribution < 1.29 is 9.90 Å². The monoisotopic (exact) mass is 414 g/mol. The second kappa shape index (κ2) is 7.29. The molecule has 0 aliphatic heterocycles. The molecule has 0 saturated carbocycles. The third-order valence-corrected chi connectivity index (χ3v) is 4.90. The molecule has 0 aliphatic carbocycles. The van der Waals surface area contributed by atoms with E-state index < -0.39 is 5.97 Å². The fourth-order valence-electron chi connectivity index (χ4n) is 2.70. The number of hydrogen-bond acceptors (Lipinski definition) is 4. The van der Waals surface area contributed by atoms with Crippen LogP contribution < -0.4 is 5.32 Å². The van der Waals surface area contributed by atoms with Gasteiger partial charge in [-0.2, -0.15) is 9.78 Å². The second-order valence-corrected chi connectivity index (χ2v) is 6.79. The Labute approximate surface area is 160 Å². The van der Waals surface area contributed by atoms with Gasteiger partial charge in [0, 0.05) is 6.20 Å². The van der Waals surface area contributed by atoms with Gasteiger partial charge in [0.1, 0.15) is 0 Å². The first-order valence-corrected chi connectivity index (χ1v) is 9.02. The predicted molar refractivity (Wildman–Crippen MR) is 105 cm³/mol. The fraction of sp³-hybridized carbons (Fsp3) is 0.211. The van der Waals surface area contributed by atoms with Crippen molar-refractivity contribution in [2.24, 2.45) is 0 Å². The lowest BCUT2D eigenvalue weighted by Gasteiger charge is -2.13. The number of carboxylic acids is 1. The van der Waals surface area contributed by atoms with Crippen molar-refractivity contribution in [2.45, 2.75) is 27.2 Å². The van der Waals surface area contributed by atoms with Crippen molar-refractivity contribution in [2.75, 3.05) is 5.32 Å². The quantitative estimate of drug-likeness (QED) is 0.634. The number of hydrogen-bond donors (Lipinski definition) is 2. The summed E-state index contributed by atoms with van der Waals surface area (Å²) in [4.78, 5) is 16.1. The zero-order valence-corrected chi connectivity index (χ0v) is 16.3. The maximum absolute atomic E-state index is 11.6. The fourth-order valence-corrected chi connectivity index (χ4v) is 3.33. The zero-order valence-electron chi connectivity index (χ0n) is 14.7. The van der Waals surface area contributed by atoms with Gasteiger partial charge in [-0.15, -0.1) is 0 Å². The molecule has 0 fully saturated rings. The number of nitrogens with one attached hydrogen (secondary N) is 1. The first-order chi connectivity index (χ1) is 12.4. The predicted octanol–water partition coefficient (Wildman–Crippen LogP) is 4.65. The second-order valence-electron chi connectivity index (χ2n) is 6.00. The van der Waals surface area contributed by atoms with E-state index in [2.05, 4.69) is 31.3 Å². The molecule has 3 aromatic rings. The van der Waals surface area contributed by atoms with Gasteiger partial charge in [-0.05, 0) is 60.0 Å². The Morgan fingerprint density at radius 1 is 1.31 bits per heavy atom. The van der Waals surface area contributed by atoms with Gasteiger partial charge in [0.05, 0.1) is 21.4 Å². The highest BCUT2D eigenvalue weighted by Crippen LogP contribution is 2.33. The molecule has 0 unspecified atom stereocenters. The Balaban J connectivity index is 2.16. The highest BCUT2D eigenvalue weighted by Gasteiger charge is 2.20. The van der Waals surface area contributed by atoms with Crippen LogP contribution in [0.25, 0.3) is 5.82 Å². The lowest BCUT2D eigenvalue weighted by atomic mass is 10.1. The molecule has 26 heavy (non-hydrogen) atoms. The van der Waals surface area contributed by atoms with Crippen molar-refractivity contribution >= 4 is 33.4 Å². The summed E-state index contributed by atoms with van der Waals surface area (Å²) in [5, 5.41) is 17.4. The smallest absolute Gasteiger partial charge is 0.337 e. The Morgan fingerprint density at radius 3 is 2.73 bits per heavy atom. The first kappa shape index (κ1) is 18.1. The summed E-state index contributed by atoms with van der Waals surface area (Å²) in [7, 11) is 0. The molecule has 6 nitrogen and oxygen atoms in total. The number of carboxylic acid groups (broad SMARTS) is 1. The van der Waals surface area contributed by atoms with Gasteiger partial charge in [-0.25, -0.2) is 9.78 Å². The van der Waals surface area contributed by atoms with Gasteiger partial charge in [0.15, 0.2) is 11.6 Å². The molecule has 1 aromatic carbocycles. The number of aromatic carboxylic acids is 1. The number of aryl methyl sites for hydroxylation is 3. The molecule has 0 aliphatic rings. The van der Waals surface area contributed by atoms with Gasteiger partial charge >= 0.3 is 5.97 Å². The van der Waals surface area contributed by atoms with Crippen molar-refractivity contribution in [1.29, 1.82) is 0 Å². The highest BCUT2D eigenvalue weighted by atomic mass is 79.9. The van der Waals surface area contributed by atoms with E-state index in [9.17, 15) is 9.90 Å². The summed E-state index contributed by atoms with van der Waals surface area (Å²) in [5.74, 6) is 0.359. The number of carbonyl (C=O) groups is 1. The Hall–Kier alpha value is -2.67. The molecular formula is C19H19BrN4O2. The molecule has 0 saturated heterocycles. The van der Waals surface area contributed by atoms with Gasteiger partial charge in [0.25, 0.3) is 0 Å². The zero-order chi connectivity index (χ0) is 18.8. The van der Waals surface area contributed by atoms with Crippen LogP contribution in [0.4, 0.5) is 11.5 Å². The van der Waals surface area contributed by atoms with E-state index in [1.165, 1.54) is 0 Å². The Bertz CT molecular complexity index is 982. The normalized spacial score (nSPS) is 10.8. The number of halogens is 1. The molecule has 0 amide bonds. The van der Waals surface area contributed by atoms with E-state index in [-0.39, 0.29) is 5.56 Å². The largest absolute Gasteiger partial charge is 0.478 e. The maximum atomic E-state index is 11.6. The van der Waals surface area contributed by atoms with Crippen LogP contribution in [0.1, 0.15) is 34.1 Å². The van der Waals surface area contributed by atoms with E-state index in [0.29, 0.717) is 17.3 Å². The van der Waals surface area contributed by atoms with Crippen molar-refractivity contribution in [3.8, 4) is 5.82 Å². The highest BCUT2D eigenvalue weighted by molar-refractivity contribution is 9.10. The SMILES string of the molecule is CCc1nn(-c2ncccc2C)c(Nc2ccc(C)cc2C(=O)O)c1Br. The van der Waals surface area contributed by atoms with Gasteiger partial charge in [0.2, 0.25) is 0 Å². The number of anilines is 2. The molecule has 3 rings (SSSR count). The van der Waals surface area contributed by atoms with Gasteiger partial charge < -0.3 is 10.4 Å². The van der Waals surface area contributed by atoms with Crippen LogP contribution >= 0.6 is 15.9 Å². The van der Waals surface area contributed by atoms with Crippen LogP contribution in [0.5, 0.6) is 0 Å². The molecule has 2 N–H and O–H groups in total. The molecule has 134 valence electrons. The summed E-state index contributed by atoms with van der Waals surface area (Å²) in [6, 6.07) is 9.11. The number of pyridine rings is 1. The Kier molecular flexibility index (Phi) is 5.08. The van der Waals surface area contributed by atoms with Crippen LogP contribution in [0, 0.1) is 13.8 Å². The van der Waals surface area contributed by atoms with Gasteiger partial charge in [-0.1, -0.05) is 24.6 Å². The topological polar surface area (TPSA) is 80.0 Å². The van der Waals surface area contributed by atoms with Crippen LogP contribution in [-0.2, 0) is 6.42 Å². The first-order valence-electron chi connectivity index (χ1n) is 8.22. The number of nitrogens with zero attached hydrogens (tertiary/aromatic N) is 3. The summed E-state index contributed by atoms with van der Waals surface area (Å²) in [6.45, 7) is 5.84. The van der Waals surface area contributed by atoms with E-state index in [0.717, 1.165) is 27.7 Å². The summed E-state index contributed by atoms with van der Waals surface area (Å²) < 4.78 is 2.51. The molecule has 0 spiro atoms. The molecule has 7 heteroatoms. The molecule has 0 atom stereocenters. The molecule has 2 heterocycles. The minimum atomic E-state index is -0.983. The van der Waals surface area contributed by atoms with Crippen LogP contribution in [0.3, 0.4) is 0 Å². The van der Waals surface area contributed by atoms with E-state index in [1.807, 2.05) is 39.0 Å². The minimum Gasteiger partial charge on any atom is -0.478 e. The summed E-state index contributed by atoms with van der Waals surface area (Å²) in [6.07, 6.45) is 2.44. The average Bonchev–Trinajstić information content (AvgIpc) is 2.92. The van der Waals surface area contributed by atoms with Gasteiger partial charge in [-0.3, -0.25) is 0 Å². The van der Waals surface area contributed by atoms with E-state index in [1.54, 1.807) is 23.0 Å². The maximum Gasteiger partial charge on any atom is 0.337 e. The van der Waals surface area contributed by atoms with E-state index >= 15 is 0 Å².